The van der Waals surface area contributed by atoms with E-state index in [-0.39, 0.29) is 28.7 Å². The molecule has 0 bridgehead atoms. The van der Waals surface area contributed by atoms with Crippen LogP contribution in [-0.2, 0) is 23.4 Å². The third-order valence-electron chi connectivity index (χ3n) is 4.97. The lowest BCUT2D eigenvalue weighted by Gasteiger charge is -2.18. The van der Waals surface area contributed by atoms with Gasteiger partial charge >= 0.3 is 13.5 Å². The van der Waals surface area contributed by atoms with E-state index in [1.165, 1.54) is 13.8 Å². The van der Waals surface area contributed by atoms with Crippen molar-refractivity contribution in [1.82, 2.24) is 9.55 Å². The molecule has 1 aromatic rings. The molecule has 1 fully saturated rings. The number of phosphoric ester groups is 1. The first-order valence-electron chi connectivity index (χ1n) is 8.76. The molecule has 13 heteroatoms. The number of nitrogens with one attached hydrogen (secondary N) is 1. The van der Waals surface area contributed by atoms with Gasteiger partial charge in [-0.05, 0) is 19.9 Å². The highest BCUT2D eigenvalue weighted by atomic mass is 31.2. The highest BCUT2D eigenvalue weighted by Gasteiger charge is 2.37. The van der Waals surface area contributed by atoms with Gasteiger partial charge < -0.3 is 19.6 Å². The van der Waals surface area contributed by atoms with E-state index in [1.807, 2.05) is 4.98 Å². The topological polar surface area (TPSA) is 185 Å². The van der Waals surface area contributed by atoms with Crippen LogP contribution in [0.5, 0.6) is 0 Å². The first kappa shape index (κ1) is 22.2. The van der Waals surface area contributed by atoms with Crippen molar-refractivity contribution in [3.8, 4) is 0 Å². The fourth-order valence-electron chi connectivity index (χ4n) is 3.16. The van der Waals surface area contributed by atoms with Gasteiger partial charge in [-0.25, -0.2) is 9.36 Å². The number of phosphoric acid groups is 1. The molecule has 0 spiro atoms. The van der Waals surface area contributed by atoms with Crippen LogP contribution in [-0.4, -0.2) is 54.8 Å². The minimum absolute atomic E-state index is 0.148. The van der Waals surface area contributed by atoms with Crippen LogP contribution in [0.4, 0.5) is 0 Å². The van der Waals surface area contributed by atoms with Crippen LogP contribution in [0.1, 0.15) is 32.1 Å². The summed E-state index contributed by atoms with van der Waals surface area (Å²) in [5.41, 5.74) is -1.75. The first-order chi connectivity index (χ1) is 13.9. The molecule has 0 radical (unpaired) electrons. The molecular weight excluding hydrogens is 423 g/mol. The molecule has 2 aliphatic rings. The molecule has 0 saturated carbocycles. The number of ether oxygens (including phenoxy) is 1. The first-order valence-corrected chi connectivity index (χ1v) is 10.3. The van der Waals surface area contributed by atoms with E-state index < -0.39 is 55.7 Å². The monoisotopic (exact) mass is 442 g/mol. The number of carbonyl (C=O) groups excluding carboxylic acids is 2. The number of aromatic nitrogens is 2. The maximum atomic E-state index is 12.6. The van der Waals surface area contributed by atoms with E-state index in [2.05, 4.69) is 4.52 Å². The van der Waals surface area contributed by atoms with Crippen molar-refractivity contribution in [2.75, 3.05) is 6.61 Å². The summed E-state index contributed by atoms with van der Waals surface area (Å²) in [4.78, 5) is 68.8. The van der Waals surface area contributed by atoms with Gasteiger partial charge in [-0.1, -0.05) is 0 Å². The Hall–Kier alpha value is -2.47. The lowest BCUT2D eigenvalue weighted by molar-refractivity contribution is -0.114. The number of aromatic amines is 1. The van der Waals surface area contributed by atoms with E-state index in [9.17, 15) is 28.8 Å². The molecule has 1 aromatic heterocycles. The zero-order valence-electron chi connectivity index (χ0n) is 15.9. The van der Waals surface area contributed by atoms with Gasteiger partial charge in [0.05, 0.1) is 18.3 Å². The van der Waals surface area contributed by atoms with Gasteiger partial charge in [0.2, 0.25) is 0 Å². The molecule has 0 amide bonds. The summed E-state index contributed by atoms with van der Waals surface area (Å²) < 4.78 is 21.5. The van der Waals surface area contributed by atoms with E-state index >= 15 is 0 Å². The maximum Gasteiger partial charge on any atom is 0.469 e. The molecule has 1 aliphatic carbocycles. The number of nitrogens with zero attached hydrogens (tertiary/aromatic N) is 1. The van der Waals surface area contributed by atoms with Crippen molar-refractivity contribution in [3.63, 3.8) is 0 Å². The fourth-order valence-corrected chi connectivity index (χ4v) is 3.50. The number of rotatable bonds is 5. The zero-order chi connectivity index (χ0) is 22.4. The lowest BCUT2D eigenvalue weighted by atomic mass is 9.88. The normalized spacial score (nSPS) is 25.1. The van der Waals surface area contributed by atoms with Crippen molar-refractivity contribution in [1.29, 1.82) is 0 Å². The highest BCUT2D eigenvalue weighted by Crippen LogP contribution is 2.38. The Kier molecular flexibility index (Phi) is 5.92. The Morgan fingerprint density at radius 1 is 1.23 bits per heavy atom. The number of aliphatic hydroxyl groups is 1. The Balaban J connectivity index is 1.94. The Morgan fingerprint density at radius 3 is 2.53 bits per heavy atom. The summed E-state index contributed by atoms with van der Waals surface area (Å²) in [6.45, 7) is 2.31. The standard InChI is InChI=1S/C17H19N2O10P/c1-7-8(2)15(22)9(3-11(7)20)10-5-19(17(24)18-16(10)23)14-4-12(21)13(29-14)6-28-30(25,26)27/h3,5,12-14,21H,4,6H2,1-2H3,(H,18,23,24)(H2,25,26,27)/t12-,13+,14+/m0/s1. The molecule has 0 aromatic carbocycles. The van der Waals surface area contributed by atoms with Crippen LogP contribution in [0.2, 0.25) is 0 Å². The number of carbonyl (C=O) groups is 2. The number of hydrogen-bond acceptors (Lipinski definition) is 8. The van der Waals surface area contributed by atoms with Crippen LogP contribution in [0.15, 0.2) is 33.0 Å². The molecule has 3 atom stereocenters. The molecule has 30 heavy (non-hydrogen) atoms. The van der Waals surface area contributed by atoms with Crippen molar-refractivity contribution in [2.24, 2.45) is 0 Å². The summed E-state index contributed by atoms with van der Waals surface area (Å²) in [5.74, 6) is -0.982. The quantitative estimate of drug-likeness (QED) is 0.331. The second-order valence-electron chi connectivity index (χ2n) is 6.93. The van der Waals surface area contributed by atoms with E-state index in [0.29, 0.717) is 0 Å². The van der Waals surface area contributed by atoms with E-state index in [1.54, 1.807) is 0 Å². The summed E-state index contributed by atoms with van der Waals surface area (Å²) >= 11 is 0. The third kappa shape index (κ3) is 4.33. The molecule has 3 rings (SSSR count). The molecule has 0 unspecified atom stereocenters. The number of allylic oxidation sites excluding steroid dienone is 4. The molecular formula is C17H19N2O10P. The van der Waals surface area contributed by atoms with Crippen LogP contribution in [0.25, 0.3) is 5.57 Å². The van der Waals surface area contributed by atoms with Crippen molar-refractivity contribution >= 4 is 25.0 Å². The highest BCUT2D eigenvalue weighted by molar-refractivity contribution is 7.46. The third-order valence-corrected chi connectivity index (χ3v) is 5.46. The van der Waals surface area contributed by atoms with Gasteiger partial charge in [0.25, 0.3) is 5.56 Å². The molecule has 1 aliphatic heterocycles. The summed E-state index contributed by atoms with van der Waals surface area (Å²) in [6, 6.07) is 0. The van der Waals surface area contributed by atoms with Crippen LogP contribution in [0.3, 0.4) is 0 Å². The summed E-state index contributed by atoms with van der Waals surface area (Å²) in [5, 5.41) is 10.1. The van der Waals surface area contributed by atoms with Crippen LogP contribution >= 0.6 is 7.82 Å². The van der Waals surface area contributed by atoms with Crippen molar-refractivity contribution in [3.05, 3.63) is 49.8 Å². The van der Waals surface area contributed by atoms with Gasteiger partial charge in [-0.2, -0.15) is 0 Å². The number of aliphatic hydroxyl groups excluding tert-OH is 1. The maximum absolute atomic E-state index is 12.6. The average Bonchev–Trinajstić information content (AvgIpc) is 3.01. The minimum atomic E-state index is -4.79. The second kappa shape index (κ2) is 7.99. The minimum Gasteiger partial charge on any atom is -0.390 e. The summed E-state index contributed by atoms with van der Waals surface area (Å²) in [7, 11) is -4.79. The lowest BCUT2D eigenvalue weighted by Crippen LogP contribution is -2.35. The van der Waals surface area contributed by atoms with Gasteiger partial charge in [-0.15, -0.1) is 0 Å². The van der Waals surface area contributed by atoms with Crippen LogP contribution < -0.4 is 11.2 Å². The van der Waals surface area contributed by atoms with Gasteiger partial charge in [0, 0.05) is 29.3 Å². The van der Waals surface area contributed by atoms with Gasteiger partial charge in [0.15, 0.2) is 11.6 Å². The Labute approximate surface area is 168 Å². The molecule has 2 heterocycles. The number of Topliss-reactive ketones (excluding diaryl/α,β-unsaturated/α-hetero) is 1. The zero-order valence-corrected chi connectivity index (χ0v) is 16.8. The number of ketones is 2. The second-order valence-corrected chi connectivity index (χ2v) is 8.17. The molecule has 12 nitrogen and oxygen atoms in total. The smallest absolute Gasteiger partial charge is 0.390 e. The van der Waals surface area contributed by atoms with E-state index in [4.69, 9.17) is 14.5 Å². The van der Waals surface area contributed by atoms with Gasteiger partial charge in [0.1, 0.15) is 12.3 Å². The summed E-state index contributed by atoms with van der Waals surface area (Å²) in [6.07, 6.45) is -1.55. The molecule has 1 saturated heterocycles. The molecule has 162 valence electrons. The van der Waals surface area contributed by atoms with Crippen LogP contribution in [0, 0.1) is 0 Å². The Bertz CT molecular complexity index is 1140. The fraction of sp³-hybridized carbons (Fsp3) is 0.412. The predicted octanol–water partition coefficient (Wildman–Crippen LogP) is -0.834. The molecule has 4 N–H and O–H groups in total. The predicted molar refractivity (Wildman–Crippen MR) is 100 cm³/mol. The Morgan fingerprint density at radius 2 is 1.90 bits per heavy atom. The van der Waals surface area contributed by atoms with Gasteiger partial charge in [-0.3, -0.25) is 28.5 Å². The van der Waals surface area contributed by atoms with Crippen molar-refractivity contribution in [2.45, 2.75) is 38.7 Å². The SMILES string of the molecule is CC1=C(C)C(=O)C(c2cn([C@H]3C[C@H](O)[C@@H](COP(=O)(O)O)O3)c(=O)[nH]c2=O)=CC1=O. The number of hydrogen-bond donors (Lipinski definition) is 4. The van der Waals surface area contributed by atoms with Crippen molar-refractivity contribution < 1.29 is 38.3 Å². The number of H-pyrrole nitrogens is 1. The largest absolute Gasteiger partial charge is 0.469 e. The average molecular weight is 442 g/mol. The van der Waals surface area contributed by atoms with E-state index in [0.717, 1.165) is 16.8 Å².